The van der Waals surface area contributed by atoms with E-state index < -0.39 is 0 Å². The van der Waals surface area contributed by atoms with E-state index in [9.17, 15) is 4.79 Å². The van der Waals surface area contributed by atoms with Crippen LogP contribution in [0.5, 0.6) is 0 Å². The molecule has 1 aliphatic carbocycles. The van der Waals surface area contributed by atoms with E-state index in [1.54, 1.807) is 12.1 Å². The van der Waals surface area contributed by atoms with Crippen LogP contribution in [-0.4, -0.2) is 15.5 Å². The average Bonchev–Trinajstić information content (AvgIpc) is 3.23. The van der Waals surface area contributed by atoms with Crippen LogP contribution in [0.4, 0.5) is 11.6 Å². The molecule has 3 N–H and O–H groups in total. The Balaban J connectivity index is 0.00000196. The Labute approximate surface area is 159 Å². The summed E-state index contributed by atoms with van der Waals surface area (Å²) in [6.45, 7) is 1.91. The molecule has 1 amide bonds. The maximum atomic E-state index is 12.8. The molecule has 1 saturated carbocycles. The molecule has 1 fully saturated rings. The lowest BCUT2D eigenvalue weighted by molar-refractivity contribution is 0.102. The van der Waals surface area contributed by atoms with Gasteiger partial charge in [0.25, 0.3) is 5.91 Å². The van der Waals surface area contributed by atoms with Crippen LogP contribution in [-0.2, 0) is 0 Å². The van der Waals surface area contributed by atoms with Crippen molar-refractivity contribution in [2.24, 2.45) is 0 Å². The van der Waals surface area contributed by atoms with E-state index in [0.29, 0.717) is 23.2 Å². The summed E-state index contributed by atoms with van der Waals surface area (Å²) in [5.41, 5.74) is 9.91. The molecule has 3 aromatic rings. The molecule has 0 spiro atoms. The fraction of sp³-hybridized carbons (Fsp3) is 0.300. The average molecular weight is 371 g/mol. The molecule has 0 unspecified atom stereocenters. The predicted molar refractivity (Wildman–Crippen MR) is 108 cm³/mol. The number of benzene rings is 2. The van der Waals surface area contributed by atoms with Gasteiger partial charge in [-0.25, -0.2) is 4.98 Å². The lowest BCUT2D eigenvalue weighted by Crippen LogP contribution is -2.18. The van der Waals surface area contributed by atoms with Crippen LogP contribution in [0, 0.1) is 6.92 Å². The van der Waals surface area contributed by atoms with Gasteiger partial charge < -0.3 is 10.3 Å². The topological polar surface area (TPSA) is 72.9 Å². The highest BCUT2D eigenvalue weighted by Gasteiger charge is 2.24. The van der Waals surface area contributed by atoms with Crippen LogP contribution in [0.1, 0.15) is 47.6 Å². The minimum absolute atomic E-state index is 0. The van der Waals surface area contributed by atoms with E-state index in [-0.39, 0.29) is 18.3 Å². The number of aryl methyl sites for hydroxylation is 1. The molecule has 4 rings (SSSR count). The van der Waals surface area contributed by atoms with Gasteiger partial charge in [-0.05, 0) is 49.6 Å². The van der Waals surface area contributed by atoms with Crippen LogP contribution in [0.15, 0.2) is 42.5 Å². The number of nitrogens with zero attached hydrogens (tertiary/aromatic N) is 2. The number of anilines is 2. The van der Waals surface area contributed by atoms with E-state index in [4.69, 9.17) is 5.73 Å². The third-order valence-corrected chi connectivity index (χ3v) is 5.02. The Kier molecular flexibility index (Phi) is 5.18. The summed E-state index contributed by atoms with van der Waals surface area (Å²) in [4.78, 5) is 17.5. The number of nitrogen functional groups attached to an aromatic ring is 1. The first-order valence-corrected chi connectivity index (χ1v) is 8.78. The second-order valence-corrected chi connectivity index (χ2v) is 6.76. The number of nitrogens with one attached hydrogen (secondary N) is 1. The van der Waals surface area contributed by atoms with Gasteiger partial charge in [0.2, 0.25) is 5.95 Å². The Hall–Kier alpha value is -2.53. The number of carbonyl (C=O) groups is 1. The molecule has 0 saturated heterocycles. The first kappa shape index (κ1) is 18.3. The first-order chi connectivity index (χ1) is 12.1. The van der Waals surface area contributed by atoms with Gasteiger partial charge in [0.15, 0.2) is 0 Å². The minimum Gasteiger partial charge on any atom is -0.399 e. The fourth-order valence-electron chi connectivity index (χ4n) is 3.72. The van der Waals surface area contributed by atoms with Gasteiger partial charge in [-0.15, -0.1) is 12.4 Å². The molecule has 1 aromatic heterocycles. The number of para-hydroxylation sites is 2. The van der Waals surface area contributed by atoms with Gasteiger partial charge in [0.1, 0.15) is 0 Å². The lowest BCUT2D eigenvalue weighted by Gasteiger charge is -2.17. The third-order valence-electron chi connectivity index (χ3n) is 5.02. The molecule has 5 nitrogen and oxygen atoms in total. The number of carbonyl (C=O) groups excluding carboxylic acids is 1. The van der Waals surface area contributed by atoms with Crippen molar-refractivity contribution >= 4 is 41.0 Å². The zero-order chi connectivity index (χ0) is 17.4. The van der Waals surface area contributed by atoms with Crippen molar-refractivity contribution in [1.29, 1.82) is 0 Å². The van der Waals surface area contributed by atoms with Gasteiger partial charge in [-0.1, -0.05) is 31.0 Å². The van der Waals surface area contributed by atoms with Gasteiger partial charge in [0, 0.05) is 17.3 Å². The van der Waals surface area contributed by atoms with Crippen LogP contribution >= 0.6 is 12.4 Å². The van der Waals surface area contributed by atoms with Crippen molar-refractivity contribution in [3.63, 3.8) is 0 Å². The van der Waals surface area contributed by atoms with Crippen LogP contribution in [0.25, 0.3) is 11.0 Å². The number of fused-ring (bicyclic) bond motifs is 1. The normalized spacial score (nSPS) is 14.3. The number of hydrogen-bond donors (Lipinski definition) is 2. The molecule has 0 aliphatic heterocycles. The molecule has 6 heteroatoms. The molecule has 0 radical (unpaired) electrons. The van der Waals surface area contributed by atoms with Gasteiger partial charge in [0.05, 0.1) is 11.0 Å². The number of hydrogen-bond acceptors (Lipinski definition) is 3. The van der Waals surface area contributed by atoms with Crippen molar-refractivity contribution in [3.05, 3.63) is 53.6 Å². The highest BCUT2D eigenvalue weighted by molar-refractivity contribution is 6.05. The van der Waals surface area contributed by atoms with Crippen molar-refractivity contribution in [2.75, 3.05) is 11.1 Å². The molecule has 0 atom stereocenters. The second-order valence-electron chi connectivity index (χ2n) is 6.76. The first-order valence-electron chi connectivity index (χ1n) is 8.78. The molecular formula is C20H23ClN4O. The Morgan fingerprint density at radius 1 is 1.19 bits per heavy atom. The number of amides is 1. The standard InChI is InChI=1S/C20H22N4O.ClH/c1-13-10-11-14(21)12-16(13)19(25)23-20-22-17-8-4-5-9-18(17)24(20)15-6-2-3-7-15;/h4-5,8-12,15H,2-3,6-7,21H2,1H3,(H,22,23,25);1H. The smallest absolute Gasteiger partial charge is 0.258 e. The van der Waals surface area contributed by atoms with Crippen molar-refractivity contribution in [3.8, 4) is 0 Å². The largest absolute Gasteiger partial charge is 0.399 e. The van der Waals surface area contributed by atoms with Crippen LogP contribution in [0.3, 0.4) is 0 Å². The summed E-state index contributed by atoms with van der Waals surface area (Å²) >= 11 is 0. The minimum atomic E-state index is -0.167. The van der Waals surface area contributed by atoms with Crippen molar-refractivity contribution in [2.45, 2.75) is 38.6 Å². The lowest BCUT2D eigenvalue weighted by atomic mass is 10.1. The van der Waals surface area contributed by atoms with E-state index >= 15 is 0 Å². The number of rotatable bonds is 3. The highest BCUT2D eigenvalue weighted by Crippen LogP contribution is 2.35. The van der Waals surface area contributed by atoms with Gasteiger partial charge in [-0.2, -0.15) is 0 Å². The molecule has 136 valence electrons. The predicted octanol–water partition coefficient (Wildman–Crippen LogP) is 4.72. The van der Waals surface area contributed by atoms with Gasteiger partial charge in [-0.3, -0.25) is 10.1 Å². The summed E-state index contributed by atoms with van der Waals surface area (Å²) in [6, 6.07) is 13.8. The summed E-state index contributed by atoms with van der Waals surface area (Å²) in [7, 11) is 0. The zero-order valence-corrected chi connectivity index (χ0v) is 15.6. The fourth-order valence-corrected chi connectivity index (χ4v) is 3.72. The maximum absolute atomic E-state index is 12.8. The Bertz CT molecular complexity index is 944. The summed E-state index contributed by atoms with van der Waals surface area (Å²) in [5, 5.41) is 3.02. The van der Waals surface area contributed by atoms with Gasteiger partial charge >= 0.3 is 0 Å². The van der Waals surface area contributed by atoms with Crippen molar-refractivity contribution < 1.29 is 4.79 Å². The molecular weight excluding hydrogens is 348 g/mol. The Morgan fingerprint density at radius 2 is 1.92 bits per heavy atom. The van der Waals surface area contributed by atoms with Crippen LogP contribution in [0.2, 0.25) is 0 Å². The summed E-state index contributed by atoms with van der Waals surface area (Å²) in [6.07, 6.45) is 4.69. The van der Waals surface area contributed by atoms with E-state index in [2.05, 4.69) is 20.9 Å². The highest BCUT2D eigenvalue weighted by atomic mass is 35.5. The number of halogens is 1. The monoisotopic (exact) mass is 370 g/mol. The van der Waals surface area contributed by atoms with E-state index in [0.717, 1.165) is 29.4 Å². The molecule has 0 bridgehead atoms. The molecule has 26 heavy (non-hydrogen) atoms. The summed E-state index contributed by atoms with van der Waals surface area (Å²) < 4.78 is 2.20. The number of nitrogens with two attached hydrogens (primary N) is 1. The maximum Gasteiger partial charge on any atom is 0.258 e. The number of imidazole rings is 1. The second kappa shape index (κ2) is 7.38. The molecule has 1 heterocycles. The van der Waals surface area contributed by atoms with Crippen molar-refractivity contribution in [1.82, 2.24) is 9.55 Å². The quantitative estimate of drug-likeness (QED) is 0.655. The Morgan fingerprint density at radius 3 is 2.69 bits per heavy atom. The third kappa shape index (κ3) is 3.27. The summed E-state index contributed by atoms with van der Waals surface area (Å²) in [5.74, 6) is 0.458. The zero-order valence-electron chi connectivity index (χ0n) is 14.7. The van der Waals surface area contributed by atoms with Crippen LogP contribution < -0.4 is 11.1 Å². The SMILES string of the molecule is Cc1ccc(N)cc1C(=O)Nc1nc2ccccc2n1C1CCCC1.Cl. The van der Waals surface area contributed by atoms with E-state index in [1.165, 1.54) is 12.8 Å². The molecule has 1 aliphatic rings. The number of aromatic nitrogens is 2. The molecule has 2 aromatic carbocycles. The van der Waals surface area contributed by atoms with E-state index in [1.807, 2.05) is 31.2 Å².